The van der Waals surface area contributed by atoms with E-state index in [1.165, 1.54) is 28.7 Å². The first-order chi connectivity index (χ1) is 22.3. The van der Waals surface area contributed by atoms with Crippen LogP contribution in [0.5, 0.6) is 0 Å². The number of rotatable bonds is 7. The molecule has 1 aliphatic heterocycles. The Balaban J connectivity index is 0.00000160. The van der Waals surface area contributed by atoms with Crippen molar-refractivity contribution in [3.8, 4) is 6.07 Å². The number of nitrogens with one attached hydrogen (secondary N) is 1. The zero-order valence-electron chi connectivity index (χ0n) is 25.8. The molecule has 3 heterocycles. The van der Waals surface area contributed by atoms with E-state index in [1.807, 2.05) is 32.3 Å². The first kappa shape index (κ1) is 34.1. The number of fused-ring (bicyclic) bond motifs is 1. The molecule has 0 spiro atoms. The van der Waals surface area contributed by atoms with Crippen LogP contribution in [0.25, 0.3) is 0 Å². The molecule has 47 heavy (non-hydrogen) atoms. The number of pyridine rings is 1. The van der Waals surface area contributed by atoms with Crippen LogP contribution in [0.3, 0.4) is 0 Å². The van der Waals surface area contributed by atoms with Gasteiger partial charge in [0.25, 0.3) is 0 Å². The summed E-state index contributed by atoms with van der Waals surface area (Å²) >= 11 is 0. The average molecular weight is 650 g/mol. The summed E-state index contributed by atoms with van der Waals surface area (Å²) in [6.07, 6.45) is -2.49. The average Bonchev–Trinajstić information content (AvgIpc) is 3.43. The Kier molecular flexibility index (Phi) is 9.96. The summed E-state index contributed by atoms with van der Waals surface area (Å²) in [6.45, 7) is 1.61. The van der Waals surface area contributed by atoms with Crippen LogP contribution in [0.2, 0.25) is 0 Å². The molecular formula is C32H30F3N7O5. The quantitative estimate of drug-likeness (QED) is 0.180. The van der Waals surface area contributed by atoms with Crippen molar-refractivity contribution in [1.29, 1.82) is 5.26 Å². The lowest BCUT2D eigenvalue weighted by atomic mass is 9.89. The first-order valence-electron chi connectivity index (χ1n) is 14.1. The Morgan fingerprint density at radius 3 is 2.51 bits per heavy atom. The van der Waals surface area contributed by atoms with E-state index < -0.39 is 35.9 Å². The van der Waals surface area contributed by atoms with Crippen molar-refractivity contribution < 1.29 is 32.6 Å². The van der Waals surface area contributed by atoms with Crippen molar-refractivity contribution in [1.82, 2.24) is 24.2 Å². The molecule has 15 heteroatoms. The van der Waals surface area contributed by atoms with E-state index in [-0.39, 0.29) is 22.9 Å². The Hall–Kier alpha value is -5.75. The molecule has 1 aliphatic rings. The monoisotopic (exact) mass is 649 g/mol. The maximum atomic E-state index is 13.6. The molecule has 4 aromatic rings. The summed E-state index contributed by atoms with van der Waals surface area (Å²) in [7, 11) is 5.17. The third-order valence-corrected chi connectivity index (χ3v) is 7.76. The number of aromatic nitrogens is 4. The van der Waals surface area contributed by atoms with E-state index in [0.29, 0.717) is 34.1 Å². The second-order valence-corrected chi connectivity index (χ2v) is 10.9. The summed E-state index contributed by atoms with van der Waals surface area (Å²) < 4.78 is 47.7. The topological polar surface area (TPSA) is 157 Å². The van der Waals surface area contributed by atoms with Crippen molar-refractivity contribution >= 4 is 29.9 Å². The smallest absolute Gasteiger partial charge is 0.416 e. The van der Waals surface area contributed by atoms with E-state index in [1.54, 1.807) is 31.3 Å². The highest BCUT2D eigenvalue weighted by Gasteiger charge is 2.41. The largest absolute Gasteiger partial charge is 0.554 e. The number of allylic oxidation sites excluding steroid dienone is 1. The second-order valence-electron chi connectivity index (χ2n) is 10.9. The van der Waals surface area contributed by atoms with E-state index in [4.69, 9.17) is 14.6 Å². The molecule has 0 bridgehead atoms. The summed E-state index contributed by atoms with van der Waals surface area (Å²) in [5, 5.41) is 24.5. The number of carboxylic acid groups (broad SMARTS) is 1. The molecule has 1 N–H and O–H groups in total. The Bertz CT molecular complexity index is 1910. The fourth-order valence-corrected chi connectivity index (χ4v) is 5.46. The standard InChI is InChI=1S/C31H28F3N7O3.CH2O2/c1-19-26(28(42)44-4)27(40-29(37-38-30(40)43)39(19)23-9-7-8-22(17-23)31(32,33)34)24-12-11-20(18-35)16-21(24)13-15-41(2,3)25-10-5-6-14-36-25;2-1-3/h5-12,14,16-17,27H,13,15H2,1-4H3;1H,(H,2,3)/t27-;/m1./s1. The number of carbonyl (C=O) groups is 2. The Labute approximate surface area is 267 Å². The van der Waals surface area contributed by atoms with Crippen molar-refractivity contribution in [2.75, 3.05) is 32.6 Å². The van der Waals surface area contributed by atoms with Gasteiger partial charge in [0.15, 0.2) is 0 Å². The number of hydrogen-bond acceptors (Lipinski definition) is 9. The number of halogens is 3. The maximum Gasteiger partial charge on any atom is 0.416 e. The van der Waals surface area contributed by atoms with Gasteiger partial charge in [0.2, 0.25) is 11.8 Å². The highest BCUT2D eigenvalue weighted by atomic mass is 19.4. The molecule has 5 rings (SSSR count). The van der Waals surface area contributed by atoms with Crippen LogP contribution >= 0.6 is 0 Å². The van der Waals surface area contributed by atoms with Crippen molar-refractivity contribution in [3.05, 3.63) is 111 Å². The van der Waals surface area contributed by atoms with Gasteiger partial charge in [0.1, 0.15) is 6.04 Å². The maximum absolute atomic E-state index is 13.6. The van der Waals surface area contributed by atoms with Crippen molar-refractivity contribution in [3.63, 3.8) is 0 Å². The van der Waals surface area contributed by atoms with Gasteiger partial charge < -0.3 is 14.6 Å². The zero-order chi connectivity index (χ0) is 34.5. The first-order valence-corrected chi connectivity index (χ1v) is 14.1. The summed E-state index contributed by atoms with van der Waals surface area (Å²) in [6, 6.07) is 16.2. The molecule has 0 aliphatic carbocycles. The predicted molar refractivity (Wildman–Crippen MR) is 163 cm³/mol. The number of likely N-dealkylation sites (N-methyl/N-ethyl adjacent to an activating group) is 1. The Morgan fingerprint density at radius 1 is 1.17 bits per heavy atom. The van der Waals surface area contributed by atoms with Crippen LogP contribution in [0.4, 0.5) is 30.6 Å². The van der Waals surface area contributed by atoms with Crippen LogP contribution < -0.4 is 20.2 Å². The molecule has 2 aromatic heterocycles. The molecule has 0 unspecified atom stereocenters. The normalized spacial score (nSPS) is 14.4. The molecular weight excluding hydrogens is 619 g/mol. The van der Waals surface area contributed by atoms with Gasteiger partial charge in [-0.15, -0.1) is 5.10 Å². The molecule has 0 saturated carbocycles. The molecule has 2 aromatic carbocycles. The summed E-state index contributed by atoms with van der Waals surface area (Å²) in [4.78, 5) is 40.8. The lowest BCUT2D eigenvalue weighted by Crippen LogP contribution is -2.43. The van der Waals surface area contributed by atoms with Gasteiger partial charge in [-0.3, -0.25) is 9.38 Å². The van der Waals surface area contributed by atoms with Gasteiger partial charge in [0, 0.05) is 36.5 Å². The minimum atomic E-state index is -4.62. The number of methoxy groups -OCH3 is 1. The molecule has 0 fully saturated rings. The van der Waals surface area contributed by atoms with Crippen LogP contribution in [0.1, 0.15) is 35.2 Å². The minimum absolute atomic E-state index is 0.00983. The fourth-order valence-electron chi connectivity index (χ4n) is 5.46. The van der Waals surface area contributed by atoms with Crippen LogP contribution in [0, 0.1) is 11.3 Å². The number of aromatic amines is 1. The van der Waals surface area contributed by atoms with Crippen LogP contribution in [0.15, 0.2) is 82.9 Å². The van der Waals surface area contributed by atoms with Crippen LogP contribution in [-0.4, -0.2) is 59.9 Å². The summed E-state index contributed by atoms with van der Waals surface area (Å²) in [5.41, 5.74) is 0.334. The zero-order valence-corrected chi connectivity index (χ0v) is 25.8. The van der Waals surface area contributed by atoms with E-state index >= 15 is 0 Å². The van der Waals surface area contributed by atoms with E-state index in [9.17, 15) is 28.0 Å². The number of benzene rings is 2. The number of H-pyrrole nitrogens is 1. The van der Waals surface area contributed by atoms with Gasteiger partial charge in [-0.05, 0) is 54.4 Å². The van der Waals surface area contributed by atoms with Crippen molar-refractivity contribution in [2.24, 2.45) is 0 Å². The highest BCUT2D eigenvalue weighted by molar-refractivity contribution is 5.93. The number of carbonyl (C=O) groups excluding carboxylic acids is 2. The number of anilines is 2. The number of alkyl halides is 3. The SMILES string of the molecule is COC(=O)C1=C(C)N(c2cccc(C(F)(F)F)c2)c2n[nH]c(=O)n2[C@@H]1c1ccc(C#N)cc1CC[N+](C)(C)c1ccccn1.O=C[O-]. The molecule has 1 atom stereocenters. The fraction of sp³-hybridized carbons (Fsp3) is 0.250. The number of hydrogen-bond donors (Lipinski definition) is 1. The molecule has 244 valence electrons. The number of nitriles is 1. The predicted octanol–water partition coefficient (Wildman–Crippen LogP) is 3.22. The molecule has 0 radical (unpaired) electrons. The third kappa shape index (κ3) is 6.92. The van der Waals surface area contributed by atoms with E-state index in [2.05, 4.69) is 21.3 Å². The molecule has 12 nitrogen and oxygen atoms in total. The lowest BCUT2D eigenvalue weighted by molar-refractivity contribution is -0.283. The number of quaternary nitrogens is 1. The van der Waals surface area contributed by atoms with Gasteiger partial charge >= 0.3 is 17.8 Å². The molecule has 0 saturated heterocycles. The van der Waals surface area contributed by atoms with Crippen molar-refractivity contribution in [2.45, 2.75) is 25.6 Å². The van der Waals surface area contributed by atoms with Crippen LogP contribution in [-0.2, 0) is 26.9 Å². The number of ether oxygens (including phenoxy) is 1. The van der Waals surface area contributed by atoms with Gasteiger partial charge in [-0.2, -0.15) is 18.4 Å². The van der Waals surface area contributed by atoms with Gasteiger partial charge in [-0.1, -0.05) is 18.2 Å². The highest BCUT2D eigenvalue weighted by Crippen LogP contribution is 2.43. The summed E-state index contributed by atoms with van der Waals surface area (Å²) in [5.74, 6) is 0.0340. The molecule has 0 amide bonds. The minimum Gasteiger partial charge on any atom is -0.554 e. The van der Waals surface area contributed by atoms with Gasteiger partial charge in [-0.25, -0.2) is 24.2 Å². The second kappa shape index (κ2) is 13.7. The third-order valence-electron chi connectivity index (χ3n) is 7.76. The van der Waals surface area contributed by atoms with Gasteiger partial charge in [0.05, 0.1) is 50.5 Å². The Morgan fingerprint density at radius 2 is 1.89 bits per heavy atom. The lowest BCUT2D eigenvalue weighted by Gasteiger charge is -2.36. The number of nitrogens with zero attached hydrogens (tertiary/aromatic N) is 6. The number of esters is 1. The van der Waals surface area contributed by atoms with E-state index in [0.717, 1.165) is 18.0 Å².